The van der Waals surface area contributed by atoms with Gasteiger partial charge in [-0.2, -0.15) is 5.10 Å². The van der Waals surface area contributed by atoms with Crippen LogP contribution in [0.3, 0.4) is 0 Å². The van der Waals surface area contributed by atoms with E-state index in [9.17, 15) is 9.90 Å². The van der Waals surface area contributed by atoms with Crippen LogP contribution in [0.15, 0.2) is 60.9 Å². The maximum absolute atomic E-state index is 12.1. The number of amides is 2. The normalized spacial score (nSPS) is 11.7. The predicted octanol–water partition coefficient (Wildman–Crippen LogP) is 2.20. The third-order valence-corrected chi connectivity index (χ3v) is 3.62. The molecule has 0 saturated heterocycles. The highest BCUT2D eigenvalue weighted by molar-refractivity contribution is 5.92. The second kappa shape index (κ2) is 8.07. The van der Waals surface area contributed by atoms with E-state index in [0.29, 0.717) is 23.5 Å². The lowest BCUT2D eigenvalue weighted by molar-refractivity contribution is 0.172. The van der Waals surface area contributed by atoms with Gasteiger partial charge in [-0.1, -0.05) is 36.4 Å². The average Bonchev–Trinajstić information content (AvgIpc) is 3.10. The van der Waals surface area contributed by atoms with E-state index >= 15 is 0 Å². The van der Waals surface area contributed by atoms with Crippen molar-refractivity contribution in [3.05, 3.63) is 66.5 Å². The third-order valence-electron chi connectivity index (χ3n) is 3.62. The number of nitrogens with zero attached hydrogens (tertiary/aromatic N) is 2. The molecule has 2 heterocycles. The Kier molecular flexibility index (Phi) is 5.38. The number of aromatic amines is 1. The standard InChI is InChI=1S/C18H19N5O2/c24-14(10-13-6-2-1-3-7-13)11-20-18(25)22-16-12-21-23-17(16)15-8-4-5-9-19-15/h1-9,12,14,24H,10-11H2,(H,21,23)(H2,20,22,25). The molecule has 0 fully saturated rings. The molecule has 0 radical (unpaired) electrons. The molecule has 2 amide bonds. The van der Waals surface area contributed by atoms with Crippen LogP contribution < -0.4 is 10.6 Å². The molecule has 25 heavy (non-hydrogen) atoms. The number of nitrogens with one attached hydrogen (secondary N) is 3. The zero-order chi connectivity index (χ0) is 17.5. The quantitative estimate of drug-likeness (QED) is 0.553. The van der Waals surface area contributed by atoms with Crippen LogP contribution in [0.25, 0.3) is 11.4 Å². The minimum Gasteiger partial charge on any atom is -0.391 e. The Bertz CT molecular complexity index is 805. The summed E-state index contributed by atoms with van der Waals surface area (Å²) < 4.78 is 0. The summed E-state index contributed by atoms with van der Waals surface area (Å²) in [4.78, 5) is 16.3. The van der Waals surface area contributed by atoms with Gasteiger partial charge in [0, 0.05) is 19.2 Å². The number of aromatic nitrogens is 3. The van der Waals surface area contributed by atoms with Gasteiger partial charge in [-0.3, -0.25) is 10.1 Å². The first-order valence-electron chi connectivity index (χ1n) is 7.94. The number of benzene rings is 1. The van der Waals surface area contributed by atoms with Gasteiger partial charge in [0.15, 0.2) is 0 Å². The van der Waals surface area contributed by atoms with Crippen molar-refractivity contribution in [3.63, 3.8) is 0 Å². The van der Waals surface area contributed by atoms with E-state index in [4.69, 9.17) is 0 Å². The average molecular weight is 337 g/mol. The highest BCUT2D eigenvalue weighted by atomic mass is 16.3. The molecule has 0 saturated carbocycles. The molecule has 128 valence electrons. The molecule has 0 aliphatic rings. The fourth-order valence-corrected chi connectivity index (χ4v) is 2.42. The maximum atomic E-state index is 12.1. The van der Waals surface area contributed by atoms with Crippen molar-refractivity contribution in [1.29, 1.82) is 0 Å². The molecule has 3 aromatic rings. The second-order valence-corrected chi connectivity index (χ2v) is 5.55. The van der Waals surface area contributed by atoms with Gasteiger partial charge >= 0.3 is 6.03 Å². The number of hydrogen-bond acceptors (Lipinski definition) is 4. The van der Waals surface area contributed by atoms with Gasteiger partial charge in [0.2, 0.25) is 0 Å². The number of rotatable bonds is 6. The topological polar surface area (TPSA) is 103 Å². The van der Waals surface area contributed by atoms with Gasteiger partial charge in [-0.15, -0.1) is 0 Å². The predicted molar refractivity (Wildman–Crippen MR) is 95.0 cm³/mol. The van der Waals surface area contributed by atoms with Crippen LogP contribution in [-0.2, 0) is 6.42 Å². The maximum Gasteiger partial charge on any atom is 0.319 e. The lowest BCUT2D eigenvalue weighted by Gasteiger charge is -2.12. The van der Waals surface area contributed by atoms with E-state index in [-0.39, 0.29) is 6.54 Å². The van der Waals surface area contributed by atoms with Gasteiger partial charge in [0.05, 0.1) is 23.7 Å². The summed E-state index contributed by atoms with van der Waals surface area (Å²) in [5.74, 6) is 0. The Morgan fingerprint density at radius 3 is 2.72 bits per heavy atom. The molecule has 4 N–H and O–H groups in total. The molecule has 0 aliphatic heterocycles. The summed E-state index contributed by atoms with van der Waals surface area (Å²) >= 11 is 0. The molecule has 7 nitrogen and oxygen atoms in total. The van der Waals surface area contributed by atoms with Crippen LogP contribution >= 0.6 is 0 Å². The molecule has 3 rings (SSSR count). The highest BCUT2D eigenvalue weighted by Crippen LogP contribution is 2.22. The molecule has 1 atom stereocenters. The zero-order valence-electron chi connectivity index (χ0n) is 13.5. The number of carbonyl (C=O) groups is 1. The van der Waals surface area contributed by atoms with E-state index in [1.165, 1.54) is 6.20 Å². The summed E-state index contributed by atoms with van der Waals surface area (Å²) in [6.07, 6.45) is 3.00. The zero-order valence-corrected chi connectivity index (χ0v) is 13.5. The number of anilines is 1. The molecular formula is C18H19N5O2. The number of aliphatic hydroxyl groups excluding tert-OH is 1. The van der Waals surface area contributed by atoms with Crippen LogP contribution in [0.4, 0.5) is 10.5 Å². The van der Waals surface area contributed by atoms with E-state index in [1.807, 2.05) is 48.5 Å². The monoisotopic (exact) mass is 337 g/mol. The van der Waals surface area contributed by atoms with Crippen molar-refractivity contribution < 1.29 is 9.90 Å². The molecule has 7 heteroatoms. The van der Waals surface area contributed by atoms with E-state index in [0.717, 1.165) is 5.56 Å². The lowest BCUT2D eigenvalue weighted by atomic mass is 10.1. The van der Waals surface area contributed by atoms with Gasteiger partial charge < -0.3 is 15.7 Å². The van der Waals surface area contributed by atoms with Gasteiger partial charge in [-0.25, -0.2) is 4.79 Å². The Balaban J connectivity index is 1.53. The Morgan fingerprint density at radius 1 is 1.16 bits per heavy atom. The van der Waals surface area contributed by atoms with Crippen LogP contribution in [0.2, 0.25) is 0 Å². The van der Waals surface area contributed by atoms with Crippen molar-refractivity contribution in [2.24, 2.45) is 0 Å². The second-order valence-electron chi connectivity index (χ2n) is 5.55. The summed E-state index contributed by atoms with van der Waals surface area (Å²) in [6.45, 7) is 0.150. The van der Waals surface area contributed by atoms with Crippen LogP contribution in [0, 0.1) is 0 Å². The molecule has 0 aliphatic carbocycles. The lowest BCUT2D eigenvalue weighted by Crippen LogP contribution is -2.36. The fourth-order valence-electron chi connectivity index (χ4n) is 2.42. The van der Waals surface area contributed by atoms with Gasteiger partial charge in [0.25, 0.3) is 0 Å². The minimum atomic E-state index is -0.659. The SMILES string of the molecule is O=C(NCC(O)Cc1ccccc1)Nc1cn[nH]c1-c1ccccn1. The largest absolute Gasteiger partial charge is 0.391 e. The number of carbonyl (C=O) groups excluding carboxylic acids is 1. The van der Waals surface area contributed by atoms with Crippen molar-refractivity contribution >= 4 is 11.7 Å². The van der Waals surface area contributed by atoms with Crippen LogP contribution in [-0.4, -0.2) is 39.0 Å². The Morgan fingerprint density at radius 2 is 1.96 bits per heavy atom. The molecular weight excluding hydrogens is 318 g/mol. The summed E-state index contributed by atoms with van der Waals surface area (Å²) in [6, 6.07) is 14.7. The van der Waals surface area contributed by atoms with Gasteiger partial charge in [0.1, 0.15) is 5.69 Å². The first kappa shape index (κ1) is 16.7. The Hall–Kier alpha value is -3.19. The summed E-state index contributed by atoms with van der Waals surface area (Å²) in [5, 5.41) is 22.2. The van der Waals surface area contributed by atoms with Crippen LogP contribution in [0.1, 0.15) is 5.56 Å². The summed E-state index contributed by atoms with van der Waals surface area (Å²) in [7, 11) is 0. The Labute approximate surface area is 145 Å². The first-order valence-corrected chi connectivity index (χ1v) is 7.94. The van der Waals surface area contributed by atoms with E-state index < -0.39 is 12.1 Å². The van der Waals surface area contributed by atoms with Crippen molar-refractivity contribution in [3.8, 4) is 11.4 Å². The molecule has 0 bridgehead atoms. The van der Waals surface area contributed by atoms with Crippen molar-refractivity contribution in [2.45, 2.75) is 12.5 Å². The van der Waals surface area contributed by atoms with Gasteiger partial charge in [-0.05, 0) is 17.7 Å². The number of H-pyrrole nitrogens is 1. The van der Waals surface area contributed by atoms with E-state index in [2.05, 4.69) is 25.8 Å². The fraction of sp³-hybridized carbons (Fsp3) is 0.167. The summed E-state index contributed by atoms with van der Waals surface area (Å²) in [5.41, 5.74) is 2.85. The number of aliphatic hydroxyl groups is 1. The smallest absolute Gasteiger partial charge is 0.319 e. The molecule has 2 aromatic heterocycles. The highest BCUT2D eigenvalue weighted by Gasteiger charge is 2.13. The van der Waals surface area contributed by atoms with Crippen molar-refractivity contribution in [1.82, 2.24) is 20.5 Å². The third kappa shape index (κ3) is 4.65. The number of pyridine rings is 1. The molecule has 0 spiro atoms. The minimum absolute atomic E-state index is 0.150. The molecule has 1 unspecified atom stereocenters. The number of hydrogen-bond donors (Lipinski definition) is 4. The van der Waals surface area contributed by atoms with E-state index in [1.54, 1.807) is 6.20 Å². The van der Waals surface area contributed by atoms with Crippen molar-refractivity contribution in [2.75, 3.05) is 11.9 Å². The first-order chi connectivity index (χ1) is 12.2. The number of urea groups is 1. The molecule has 1 aromatic carbocycles. The van der Waals surface area contributed by atoms with Crippen LogP contribution in [0.5, 0.6) is 0 Å².